The fraction of sp³-hybridized carbons (Fsp3) is 0.294. The van der Waals surface area contributed by atoms with E-state index in [0.717, 1.165) is 31.4 Å². The zero-order valence-electron chi connectivity index (χ0n) is 11.3. The normalized spacial score (nSPS) is 17.0. The molecule has 0 aliphatic carbocycles. The van der Waals surface area contributed by atoms with Crippen molar-refractivity contribution in [3.63, 3.8) is 0 Å². The lowest BCUT2D eigenvalue weighted by Crippen LogP contribution is -2.39. The quantitative estimate of drug-likeness (QED) is 0.793. The summed E-state index contributed by atoms with van der Waals surface area (Å²) < 4.78 is 0. The molecule has 100 valence electrons. The topological polar surface area (TPSA) is 33.2 Å². The van der Waals surface area contributed by atoms with Crippen molar-refractivity contribution in [1.29, 1.82) is 0 Å². The van der Waals surface area contributed by atoms with Gasteiger partial charge in [-0.2, -0.15) is 0 Å². The summed E-state index contributed by atoms with van der Waals surface area (Å²) in [6.07, 6.45) is 7.35. The van der Waals surface area contributed by atoms with Crippen LogP contribution in [0.5, 0.6) is 0 Å². The van der Waals surface area contributed by atoms with Crippen LogP contribution in [-0.2, 0) is 17.6 Å². The van der Waals surface area contributed by atoms with Gasteiger partial charge in [-0.05, 0) is 54.2 Å². The molecule has 0 bridgehead atoms. The molecular formula is C17H16N2O. The molecule has 2 aliphatic heterocycles. The van der Waals surface area contributed by atoms with Gasteiger partial charge in [0.25, 0.3) is 0 Å². The number of anilines is 1. The third-order valence-corrected chi connectivity index (χ3v) is 4.27. The number of amides is 1. The number of aromatic nitrogens is 1. The molecule has 0 fully saturated rings. The lowest BCUT2D eigenvalue weighted by atomic mass is 9.88. The van der Waals surface area contributed by atoms with E-state index in [1.807, 2.05) is 17.2 Å². The van der Waals surface area contributed by atoms with Crippen molar-refractivity contribution in [2.75, 3.05) is 11.4 Å². The Kier molecular flexibility index (Phi) is 2.59. The molecule has 0 spiro atoms. The minimum Gasteiger partial charge on any atom is -0.312 e. The first-order valence-electron chi connectivity index (χ1n) is 7.19. The molecule has 1 amide bonds. The number of nitrogens with zero attached hydrogens (tertiary/aromatic N) is 2. The second-order valence-corrected chi connectivity index (χ2v) is 5.53. The van der Waals surface area contributed by atoms with Crippen LogP contribution in [-0.4, -0.2) is 17.4 Å². The van der Waals surface area contributed by atoms with Crippen molar-refractivity contribution < 1.29 is 4.79 Å². The van der Waals surface area contributed by atoms with Crippen LogP contribution in [0.4, 0.5) is 5.69 Å². The first kappa shape index (κ1) is 11.6. The smallest absolute Gasteiger partial charge is 0.227 e. The third kappa shape index (κ3) is 1.73. The number of pyridine rings is 1. The van der Waals surface area contributed by atoms with Gasteiger partial charge < -0.3 is 4.90 Å². The number of benzene rings is 1. The van der Waals surface area contributed by atoms with Crippen LogP contribution in [0.3, 0.4) is 0 Å². The molecular weight excluding hydrogens is 248 g/mol. The van der Waals surface area contributed by atoms with Crippen molar-refractivity contribution in [1.82, 2.24) is 4.98 Å². The number of carbonyl (C=O) groups excluding carboxylic acids is 1. The number of rotatable bonds is 1. The van der Waals surface area contributed by atoms with Gasteiger partial charge in [0.2, 0.25) is 5.91 Å². The summed E-state index contributed by atoms with van der Waals surface area (Å²) in [6, 6.07) is 8.54. The van der Waals surface area contributed by atoms with Gasteiger partial charge in [0.05, 0.1) is 5.69 Å². The van der Waals surface area contributed by atoms with Crippen LogP contribution in [0.1, 0.15) is 24.0 Å². The van der Waals surface area contributed by atoms with Gasteiger partial charge in [0.1, 0.15) is 0 Å². The molecule has 2 aliphatic rings. The highest BCUT2D eigenvalue weighted by Crippen LogP contribution is 2.38. The monoisotopic (exact) mass is 264 g/mol. The van der Waals surface area contributed by atoms with E-state index in [1.165, 1.54) is 22.4 Å². The first-order chi connectivity index (χ1) is 9.83. The zero-order chi connectivity index (χ0) is 13.5. The molecule has 1 aromatic carbocycles. The predicted molar refractivity (Wildman–Crippen MR) is 78.7 cm³/mol. The number of aryl methyl sites for hydroxylation is 2. The van der Waals surface area contributed by atoms with Gasteiger partial charge in [-0.25, -0.2) is 0 Å². The second kappa shape index (κ2) is 4.44. The molecule has 0 saturated heterocycles. The van der Waals surface area contributed by atoms with Crippen molar-refractivity contribution in [3.05, 3.63) is 47.8 Å². The zero-order valence-corrected chi connectivity index (χ0v) is 11.3. The van der Waals surface area contributed by atoms with Gasteiger partial charge >= 0.3 is 0 Å². The van der Waals surface area contributed by atoms with Crippen LogP contribution in [0.2, 0.25) is 0 Å². The largest absolute Gasteiger partial charge is 0.312 e. The Labute approximate surface area is 118 Å². The molecule has 0 radical (unpaired) electrons. The van der Waals surface area contributed by atoms with E-state index in [-0.39, 0.29) is 5.91 Å². The summed E-state index contributed by atoms with van der Waals surface area (Å²) >= 11 is 0. The Hall–Kier alpha value is -2.16. The first-order valence-corrected chi connectivity index (χ1v) is 7.19. The van der Waals surface area contributed by atoms with Crippen LogP contribution in [0, 0.1) is 0 Å². The van der Waals surface area contributed by atoms with Crippen LogP contribution in [0.25, 0.3) is 11.1 Å². The Morgan fingerprint density at radius 3 is 2.70 bits per heavy atom. The van der Waals surface area contributed by atoms with Gasteiger partial charge in [-0.3, -0.25) is 9.78 Å². The van der Waals surface area contributed by atoms with E-state index in [2.05, 4.69) is 23.2 Å². The average Bonchev–Trinajstić information content (AvgIpc) is 2.51. The molecule has 0 saturated carbocycles. The van der Waals surface area contributed by atoms with Crippen LogP contribution in [0.15, 0.2) is 36.7 Å². The Morgan fingerprint density at radius 1 is 1.05 bits per heavy atom. The van der Waals surface area contributed by atoms with Crippen molar-refractivity contribution in [2.45, 2.75) is 25.7 Å². The highest BCUT2D eigenvalue weighted by atomic mass is 16.2. The average molecular weight is 264 g/mol. The molecule has 1 aromatic heterocycles. The van der Waals surface area contributed by atoms with E-state index >= 15 is 0 Å². The van der Waals surface area contributed by atoms with Gasteiger partial charge in [-0.1, -0.05) is 6.07 Å². The van der Waals surface area contributed by atoms with Gasteiger partial charge in [0, 0.05) is 30.9 Å². The molecule has 3 heteroatoms. The molecule has 3 nitrogen and oxygen atoms in total. The summed E-state index contributed by atoms with van der Waals surface area (Å²) in [7, 11) is 0. The van der Waals surface area contributed by atoms with E-state index in [4.69, 9.17) is 0 Å². The molecule has 20 heavy (non-hydrogen) atoms. The Bertz CT molecular complexity index is 662. The second-order valence-electron chi connectivity index (χ2n) is 5.53. The van der Waals surface area contributed by atoms with Crippen molar-refractivity contribution >= 4 is 11.6 Å². The molecule has 0 unspecified atom stereocenters. The maximum Gasteiger partial charge on any atom is 0.227 e. The van der Waals surface area contributed by atoms with E-state index in [0.29, 0.717) is 6.42 Å². The number of hydrogen-bond donors (Lipinski definition) is 0. The lowest BCUT2D eigenvalue weighted by Gasteiger charge is -2.35. The van der Waals surface area contributed by atoms with E-state index in [9.17, 15) is 4.79 Å². The van der Waals surface area contributed by atoms with Crippen LogP contribution >= 0.6 is 0 Å². The molecule has 2 aromatic rings. The minimum absolute atomic E-state index is 0.285. The maximum atomic E-state index is 12.0. The SMILES string of the molecule is O=C1CCc2cc(-c3cccnc3)cc3c2N1CCC3. The fourth-order valence-corrected chi connectivity index (χ4v) is 3.35. The van der Waals surface area contributed by atoms with Crippen LogP contribution < -0.4 is 4.90 Å². The summed E-state index contributed by atoms with van der Waals surface area (Å²) in [4.78, 5) is 18.2. The highest BCUT2D eigenvalue weighted by Gasteiger charge is 2.29. The number of carbonyl (C=O) groups is 1. The van der Waals surface area contributed by atoms with Gasteiger partial charge in [0.15, 0.2) is 0 Å². The summed E-state index contributed by atoms with van der Waals surface area (Å²) in [5.41, 5.74) is 6.21. The molecule has 0 atom stereocenters. The van der Waals surface area contributed by atoms with Crippen molar-refractivity contribution in [2.24, 2.45) is 0 Å². The van der Waals surface area contributed by atoms with Crippen molar-refractivity contribution in [3.8, 4) is 11.1 Å². The standard InChI is InChI=1S/C17H16N2O/c20-16-6-5-13-10-15(14-3-1-7-18-11-14)9-12-4-2-8-19(16)17(12)13/h1,3,7,9-11H,2,4-6,8H2. The lowest BCUT2D eigenvalue weighted by molar-refractivity contribution is -0.119. The number of hydrogen-bond acceptors (Lipinski definition) is 2. The predicted octanol–water partition coefficient (Wildman–Crippen LogP) is 2.97. The third-order valence-electron chi connectivity index (χ3n) is 4.27. The Morgan fingerprint density at radius 2 is 1.90 bits per heavy atom. The molecule has 0 N–H and O–H groups in total. The molecule has 4 rings (SSSR count). The summed E-state index contributed by atoms with van der Waals surface area (Å²) in [6.45, 7) is 0.880. The highest BCUT2D eigenvalue weighted by molar-refractivity contribution is 5.98. The minimum atomic E-state index is 0.285. The molecule has 3 heterocycles. The fourth-order valence-electron chi connectivity index (χ4n) is 3.35. The Balaban J connectivity index is 1.89. The van der Waals surface area contributed by atoms with Gasteiger partial charge in [-0.15, -0.1) is 0 Å². The van der Waals surface area contributed by atoms with E-state index in [1.54, 1.807) is 6.20 Å². The van der Waals surface area contributed by atoms with E-state index < -0.39 is 0 Å². The summed E-state index contributed by atoms with van der Waals surface area (Å²) in [5.74, 6) is 0.285. The maximum absolute atomic E-state index is 12.0. The summed E-state index contributed by atoms with van der Waals surface area (Å²) in [5, 5.41) is 0.